The molecule has 0 heterocycles. The summed E-state index contributed by atoms with van der Waals surface area (Å²) in [4.78, 5) is 24.3. The van der Waals surface area contributed by atoms with Gasteiger partial charge in [0, 0.05) is 12.0 Å². The summed E-state index contributed by atoms with van der Waals surface area (Å²) in [7, 11) is 0. The van der Waals surface area contributed by atoms with Crippen LogP contribution in [0.2, 0.25) is 0 Å². The Balaban J connectivity index is 1.72. The molecule has 4 fully saturated rings. The fraction of sp³-hybridized carbons (Fsp3) is 0.800. The minimum atomic E-state index is -0.586. The van der Waals surface area contributed by atoms with Gasteiger partial charge in [-0.1, -0.05) is 13.5 Å². The van der Waals surface area contributed by atoms with Crippen LogP contribution in [0.15, 0.2) is 12.2 Å². The molecule has 3 unspecified atom stereocenters. The van der Waals surface area contributed by atoms with Crippen molar-refractivity contribution in [3.8, 4) is 0 Å². The SMILES string of the molecule is C=C(C)C(=O)OC12CC3CC(C1)CC(OC(C)C(=O)OCCC)(C3)C2. The van der Waals surface area contributed by atoms with Crippen molar-refractivity contribution < 1.29 is 23.8 Å². The summed E-state index contributed by atoms with van der Waals surface area (Å²) in [5.74, 6) is 0.383. The second-order valence-corrected chi connectivity index (χ2v) is 8.42. The lowest BCUT2D eigenvalue weighted by molar-refractivity contribution is -0.244. The van der Waals surface area contributed by atoms with Gasteiger partial charge in [0.2, 0.25) is 0 Å². The molecule has 0 spiro atoms. The number of hydrogen-bond donors (Lipinski definition) is 0. The van der Waals surface area contributed by atoms with Crippen LogP contribution >= 0.6 is 0 Å². The Morgan fingerprint density at radius 1 is 1.16 bits per heavy atom. The summed E-state index contributed by atoms with van der Waals surface area (Å²) in [6.45, 7) is 9.54. The third-order valence-corrected chi connectivity index (χ3v) is 5.82. The molecule has 0 aliphatic heterocycles. The van der Waals surface area contributed by atoms with E-state index in [0.717, 1.165) is 32.1 Å². The van der Waals surface area contributed by atoms with Crippen LogP contribution in [0, 0.1) is 11.8 Å². The van der Waals surface area contributed by atoms with Gasteiger partial charge in [-0.05, 0) is 64.2 Å². The van der Waals surface area contributed by atoms with E-state index in [1.165, 1.54) is 6.42 Å². The summed E-state index contributed by atoms with van der Waals surface area (Å²) in [5, 5.41) is 0. The molecule has 140 valence electrons. The molecular formula is C20H30O5. The number of ether oxygens (including phenoxy) is 3. The molecule has 25 heavy (non-hydrogen) atoms. The maximum absolute atomic E-state index is 12.1. The normalized spacial score (nSPS) is 36.8. The second kappa shape index (κ2) is 6.75. The number of carbonyl (C=O) groups excluding carboxylic acids is 2. The number of rotatable bonds is 7. The average Bonchev–Trinajstić information content (AvgIpc) is 2.50. The quantitative estimate of drug-likeness (QED) is 0.519. The van der Waals surface area contributed by atoms with Gasteiger partial charge in [-0.2, -0.15) is 0 Å². The fourth-order valence-corrected chi connectivity index (χ4v) is 5.38. The van der Waals surface area contributed by atoms with E-state index >= 15 is 0 Å². The highest BCUT2D eigenvalue weighted by Gasteiger charge is 2.61. The fourth-order valence-electron chi connectivity index (χ4n) is 5.38. The van der Waals surface area contributed by atoms with Gasteiger partial charge in [0.05, 0.1) is 12.2 Å². The maximum atomic E-state index is 12.1. The zero-order chi connectivity index (χ0) is 18.2. The molecule has 4 bridgehead atoms. The zero-order valence-corrected chi connectivity index (χ0v) is 15.6. The molecule has 4 rings (SSSR count). The monoisotopic (exact) mass is 350 g/mol. The molecule has 3 atom stereocenters. The molecule has 0 aromatic carbocycles. The van der Waals surface area contributed by atoms with E-state index < -0.39 is 11.7 Å². The van der Waals surface area contributed by atoms with Crippen LogP contribution in [0.25, 0.3) is 0 Å². The third-order valence-electron chi connectivity index (χ3n) is 5.82. The van der Waals surface area contributed by atoms with Crippen molar-refractivity contribution in [3.05, 3.63) is 12.2 Å². The van der Waals surface area contributed by atoms with Gasteiger partial charge in [-0.15, -0.1) is 0 Å². The van der Waals surface area contributed by atoms with E-state index in [1.54, 1.807) is 13.8 Å². The van der Waals surface area contributed by atoms with Gasteiger partial charge in [-0.3, -0.25) is 0 Å². The highest BCUT2D eigenvalue weighted by atomic mass is 16.6. The predicted molar refractivity (Wildman–Crippen MR) is 92.8 cm³/mol. The molecular weight excluding hydrogens is 320 g/mol. The van der Waals surface area contributed by atoms with Crippen molar-refractivity contribution in [3.63, 3.8) is 0 Å². The zero-order valence-electron chi connectivity index (χ0n) is 15.6. The van der Waals surface area contributed by atoms with Crippen molar-refractivity contribution in [2.75, 3.05) is 6.61 Å². The minimum Gasteiger partial charge on any atom is -0.464 e. The van der Waals surface area contributed by atoms with Crippen LogP contribution in [0.1, 0.15) is 65.7 Å². The molecule has 5 nitrogen and oxygen atoms in total. The molecule has 4 aliphatic carbocycles. The Morgan fingerprint density at radius 3 is 2.32 bits per heavy atom. The summed E-state index contributed by atoms with van der Waals surface area (Å²) >= 11 is 0. The summed E-state index contributed by atoms with van der Waals surface area (Å²) < 4.78 is 17.4. The van der Waals surface area contributed by atoms with E-state index in [1.807, 2.05) is 6.92 Å². The lowest BCUT2D eigenvalue weighted by Gasteiger charge is -2.61. The van der Waals surface area contributed by atoms with Crippen LogP contribution in [-0.4, -0.2) is 35.9 Å². The molecule has 4 saturated carbocycles. The molecule has 0 aromatic rings. The van der Waals surface area contributed by atoms with E-state index in [-0.39, 0.29) is 17.5 Å². The van der Waals surface area contributed by atoms with E-state index in [4.69, 9.17) is 14.2 Å². The van der Waals surface area contributed by atoms with Gasteiger partial charge >= 0.3 is 11.9 Å². The summed E-state index contributed by atoms with van der Waals surface area (Å²) in [5.41, 5.74) is -0.390. The molecule has 0 aromatic heterocycles. The van der Waals surface area contributed by atoms with Crippen molar-refractivity contribution in [1.82, 2.24) is 0 Å². The van der Waals surface area contributed by atoms with Gasteiger partial charge in [-0.25, -0.2) is 9.59 Å². The highest BCUT2D eigenvalue weighted by molar-refractivity contribution is 5.87. The standard InChI is InChI=1S/C20H30O5/c1-5-6-23-18(22)14(4)24-19-8-15-7-16(9-19)11-20(10-15,12-19)25-17(21)13(2)3/h14-16H,2,5-12H2,1,3-4H3. The number of esters is 2. The lowest BCUT2D eigenvalue weighted by Crippen LogP contribution is -2.62. The topological polar surface area (TPSA) is 61.8 Å². The van der Waals surface area contributed by atoms with Crippen molar-refractivity contribution in [1.29, 1.82) is 0 Å². The van der Waals surface area contributed by atoms with Crippen molar-refractivity contribution in [2.45, 2.75) is 83.0 Å². The van der Waals surface area contributed by atoms with Gasteiger partial charge in [0.1, 0.15) is 5.60 Å². The van der Waals surface area contributed by atoms with E-state index in [2.05, 4.69) is 6.58 Å². The van der Waals surface area contributed by atoms with Crippen molar-refractivity contribution in [2.24, 2.45) is 11.8 Å². The first-order chi connectivity index (χ1) is 11.8. The highest BCUT2D eigenvalue weighted by Crippen LogP contribution is 2.60. The molecule has 5 heteroatoms. The Hall–Kier alpha value is -1.36. The van der Waals surface area contributed by atoms with Crippen LogP contribution in [0.5, 0.6) is 0 Å². The molecule has 4 aliphatic rings. The van der Waals surface area contributed by atoms with Crippen LogP contribution in [0.4, 0.5) is 0 Å². The Morgan fingerprint density at radius 2 is 1.76 bits per heavy atom. The Bertz CT molecular complexity index is 552. The maximum Gasteiger partial charge on any atom is 0.334 e. The van der Waals surface area contributed by atoms with E-state index in [0.29, 0.717) is 30.4 Å². The van der Waals surface area contributed by atoms with E-state index in [9.17, 15) is 9.59 Å². The first-order valence-electron chi connectivity index (χ1n) is 9.50. The van der Waals surface area contributed by atoms with Crippen LogP contribution in [-0.2, 0) is 23.8 Å². The first-order valence-corrected chi connectivity index (χ1v) is 9.50. The number of carbonyl (C=O) groups is 2. The minimum absolute atomic E-state index is 0.300. The largest absolute Gasteiger partial charge is 0.464 e. The third kappa shape index (κ3) is 3.76. The molecule has 0 radical (unpaired) electrons. The second-order valence-electron chi connectivity index (χ2n) is 8.42. The Kier molecular flexibility index (Phi) is 4.97. The first kappa shape index (κ1) is 18.4. The molecule has 0 saturated heterocycles. The molecule has 0 amide bonds. The average molecular weight is 350 g/mol. The smallest absolute Gasteiger partial charge is 0.334 e. The number of hydrogen-bond acceptors (Lipinski definition) is 5. The lowest BCUT2D eigenvalue weighted by atomic mass is 9.52. The van der Waals surface area contributed by atoms with Gasteiger partial charge < -0.3 is 14.2 Å². The van der Waals surface area contributed by atoms with Gasteiger partial charge in [0.15, 0.2) is 6.10 Å². The Labute approximate surface area is 150 Å². The predicted octanol–water partition coefficient (Wildman–Crippen LogP) is 3.56. The van der Waals surface area contributed by atoms with Gasteiger partial charge in [0.25, 0.3) is 0 Å². The van der Waals surface area contributed by atoms with Crippen molar-refractivity contribution >= 4 is 11.9 Å². The van der Waals surface area contributed by atoms with Crippen LogP contribution < -0.4 is 0 Å². The van der Waals surface area contributed by atoms with Crippen LogP contribution in [0.3, 0.4) is 0 Å². The summed E-state index contributed by atoms with van der Waals surface area (Å²) in [6, 6.07) is 0. The molecule has 0 N–H and O–H groups in total. The summed E-state index contributed by atoms with van der Waals surface area (Å²) in [6.07, 6.45) is 5.77.